The number of pyridine rings is 2. The average molecular weight is 479 g/mol. The van der Waals surface area contributed by atoms with Crippen LogP contribution in [0.1, 0.15) is 62.6 Å². The maximum atomic E-state index is 15.0. The van der Waals surface area contributed by atoms with Gasteiger partial charge in [0.2, 0.25) is 5.91 Å². The average Bonchev–Trinajstić information content (AvgIpc) is 3.71. The second-order valence-corrected chi connectivity index (χ2v) is 10.4. The number of halogens is 2. The third-order valence-corrected chi connectivity index (χ3v) is 7.75. The van der Waals surface area contributed by atoms with Crippen molar-refractivity contribution in [3.63, 3.8) is 0 Å². The summed E-state index contributed by atoms with van der Waals surface area (Å²) in [6.45, 7) is 4.06. The molecule has 3 aliphatic carbocycles. The summed E-state index contributed by atoms with van der Waals surface area (Å²) in [4.78, 5) is 26.4. The summed E-state index contributed by atoms with van der Waals surface area (Å²) in [7, 11) is 0. The Kier molecular flexibility index (Phi) is 5.49. The molecule has 1 amide bonds. The molecular weight excluding hydrogens is 451 g/mol. The fraction of sp³-hybridized carbons (Fsp3) is 0.519. The van der Waals surface area contributed by atoms with Crippen LogP contribution in [-0.4, -0.2) is 46.5 Å². The van der Waals surface area contributed by atoms with Gasteiger partial charge in [-0.1, -0.05) is 17.5 Å². The quantitative estimate of drug-likeness (QED) is 0.447. The molecule has 0 N–H and O–H groups in total. The Bertz CT molecular complexity index is 1210. The highest BCUT2D eigenvalue weighted by molar-refractivity contribution is 6.29. The molecule has 1 saturated heterocycles. The van der Waals surface area contributed by atoms with Crippen molar-refractivity contribution in [3.05, 3.63) is 40.6 Å². The summed E-state index contributed by atoms with van der Waals surface area (Å²) in [5.41, 5.74) is 2.89. The number of anilines is 1. The molecule has 4 fully saturated rings. The van der Waals surface area contributed by atoms with E-state index in [0.29, 0.717) is 23.3 Å². The first-order valence-corrected chi connectivity index (χ1v) is 12.8. The molecule has 2 aromatic heterocycles. The van der Waals surface area contributed by atoms with Gasteiger partial charge >= 0.3 is 0 Å². The number of nitrogens with zero attached hydrogens (tertiary/aromatic N) is 4. The molecule has 1 aliphatic heterocycles. The monoisotopic (exact) mass is 478 g/mol. The summed E-state index contributed by atoms with van der Waals surface area (Å²) in [5.74, 6) is 8.08. The first-order chi connectivity index (χ1) is 16.5. The van der Waals surface area contributed by atoms with Gasteiger partial charge in [-0.2, -0.15) is 0 Å². The van der Waals surface area contributed by atoms with E-state index < -0.39 is 5.82 Å². The minimum Gasteiger partial charge on any atom is -0.352 e. The lowest BCUT2D eigenvalue weighted by Crippen LogP contribution is -2.57. The van der Waals surface area contributed by atoms with Crippen LogP contribution in [0.2, 0.25) is 5.15 Å². The molecule has 3 saturated carbocycles. The van der Waals surface area contributed by atoms with Crippen molar-refractivity contribution < 1.29 is 9.18 Å². The van der Waals surface area contributed by atoms with E-state index in [1.54, 1.807) is 13.0 Å². The van der Waals surface area contributed by atoms with Crippen molar-refractivity contribution >= 4 is 23.3 Å². The van der Waals surface area contributed by atoms with Crippen molar-refractivity contribution in [2.45, 2.75) is 57.4 Å². The van der Waals surface area contributed by atoms with Crippen LogP contribution in [0.3, 0.4) is 0 Å². The number of carbonyl (C=O) groups excluding carboxylic acids is 1. The van der Waals surface area contributed by atoms with Crippen LogP contribution in [0, 0.1) is 29.5 Å². The van der Waals surface area contributed by atoms with E-state index >= 15 is 0 Å². The molecule has 0 bridgehead atoms. The molecule has 2 aromatic rings. The third kappa shape index (κ3) is 4.05. The number of carbonyl (C=O) groups is 1. The Balaban J connectivity index is 1.39. The number of aromatic nitrogens is 2. The Hall–Kier alpha value is -2.65. The normalized spacial score (nSPS) is 22.4. The number of amides is 1. The highest BCUT2D eigenvalue weighted by atomic mass is 35.5. The Morgan fingerprint density at radius 3 is 2.62 bits per heavy atom. The molecular formula is C27H28ClFN4O. The molecule has 0 spiro atoms. The van der Waals surface area contributed by atoms with Gasteiger partial charge in [0, 0.05) is 48.8 Å². The lowest BCUT2D eigenvalue weighted by atomic mass is 9.98. The largest absolute Gasteiger partial charge is 0.352 e. The first-order valence-electron chi connectivity index (χ1n) is 12.4. The number of piperazine rings is 1. The Labute approximate surface area is 204 Å². The van der Waals surface area contributed by atoms with Crippen LogP contribution in [0.4, 0.5) is 10.2 Å². The van der Waals surface area contributed by atoms with Gasteiger partial charge in [-0.15, -0.1) is 5.92 Å². The molecule has 0 aromatic carbocycles. The SMILES string of the molecule is CC#Cc1cc(-c2ccnc(Cl)c2F)c(C2CC2)nc1N1CCN(C(=O)C2CC2)C(C2CC2)C1. The molecule has 5 nitrogen and oxygen atoms in total. The van der Waals surface area contributed by atoms with Gasteiger partial charge in [0.1, 0.15) is 5.82 Å². The highest BCUT2D eigenvalue weighted by Gasteiger charge is 2.45. The maximum absolute atomic E-state index is 15.0. The van der Waals surface area contributed by atoms with Crippen LogP contribution < -0.4 is 4.90 Å². The van der Waals surface area contributed by atoms with Gasteiger partial charge in [-0.25, -0.2) is 14.4 Å². The number of hydrogen-bond acceptors (Lipinski definition) is 4. The van der Waals surface area contributed by atoms with Crippen LogP contribution in [0.25, 0.3) is 11.1 Å². The zero-order valence-electron chi connectivity index (χ0n) is 19.4. The smallest absolute Gasteiger partial charge is 0.226 e. The standard InChI is InChI=1S/C27H28ClFN4O/c1-2-3-19-14-21(20-10-11-30-25(28)23(20)29)24(17-6-7-17)31-26(19)32-12-13-33(27(34)18-8-9-18)22(15-32)16-4-5-16/h10-11,14,16-18,22H,4-9,12-13,15H2,1H3. The van der Waals surface area contributed by atoms with Crippen molar-refractivity contribution in [2.24, 2.45) is 11.8 Å². The van der Waals surface area contributed by atoms with Crippen molar-refractivity contribution in [1.82, 2.24) is 14.9 Å². The van der Waals surface area contributed by atoms with Crippen LogP contribution in [0.15, 0.2) is 18.3 Å². The van der Waals surface area contributed by atoms with E-state index in [2.05, 4.69) is 26.6 Å². The fourth-order valence-electron chi connectivity index (χ4n) is 5.22. The summed E-state index contributed by atoms with van der Waals surface area (Å²) in [6, 6.07) is 3.89. The minimum absolute atomic E-state index is 0.129. The lowest BCUT2D eigenvalue weighted by molar-refractivity contribution is -0.135. The van der Waals surface area contributed by atoms with E-state index in [1.165, 1.54) is 19.0 Å². The van der Waals surface area contributed by atoms with E-state index in [4.69, 9.17) is 16.6 Å². The maximum Gasteiger partial charge on any atom is 0.226 e. The minimum atomic E-state index is -0.517. The van der Waals surface area contributed by atoms with Crippen molar-refractivity contribution in [3.8, 4) is 23.0 Å². The summed E-state index contributed by atoms with van der Waals surface area (Å²) in [5, 5.41) is -0.129. The topological polar surface area (TPSA) is 49.3 Å². The fourth-order valence-corrected chi connectivity index (χ4v) is 5.38. The van der Waals surface area contributed by atoms with E-state index in [9.17, 15) is 9.18 Å². The molecule has 0 radical (unpaired) electrons. The van der Waals surface area contributed by atoms with Crippen molar-refractivity contribution in [1.29, 1.82) is 0 Å². The van der Waals surface area contributed by atoms with Gasteiger partial charge < -0.3 is 9.80 Å². The predicted molar refractivity (Wildman–Crippen MR) is 130 cm³/mol. The molecule has 34 heavy (non-hydrogen) atoms. The van der Waals surface area contributed by atoms with E-state index in [-0.39, 0.29) is 17.1 Å². The summed E-state index contributed by atoms with van der Waals surface area (Å²) >= 11 is 6.01. The van der Waals surface area contributed by atoms with Gasteiger partial charge in [0.25, 0.3) is 0 Å². The Morgan fingerprint density at radius 2 is 1.94 bits per heavy atom. The summed E-state index contributed by atoms with van der Waals surface area (Å²) < 4.78 is 15.0. The van der Waals surface area contributed by atoms with Crippen LogP contribution >= 0.6 is 11.6 Å². The molecule has 6 rings (SSSR count). The zero-order chi connectivity index (χ0) is 23.4. The van der Waals surface area contributed by atoms with E-state index in [0.717, 1.165) is 68.0 Å². The molecule has 176 valence electrons. The molecule has 1 atom stereocenters. The predicted octanol–water partition coefficient (Wildman–Crippen LogP) is 5.02. The number of rotatable bonds is 5. The highest BCUT2D eigenvalue weighted by Crippen LogP contribution is 2.46. The molecule has 7 heteroatoms. The van der Waals surface area contributed by atoms with Gasteiger partial charge in [0.05, 0.1) is 17.3 Å². The number of hydrogen-bond donors (Lipinski definition) is 0. The van der Waals surface area contributed by atoms with Crippen molar-refractivity contribution in [2.75, 3.05) is 24.5 Å². The van der Waals surface area contributed by atoms with Gasteiger partial charge in [0.15, 0.2) is 11.0 Å². The first kappa shape index (κ1) is 21.9. The second-order valence-electron chi connectivity index (χ2n) is 10.1. The van der Waals surface area contributed by atoms with Crippen LogP contribution in [0.5, 0.6) is 0 Å². The van der Waals surface area contributed by atoms with Gasteiger partial charge in [-0.05, 0) is 63.5 Å². The molecule has 3 heterocycles. The second kappa shape index (κ2) is 8.53. The summed E-state index contributed by atoms with van der Waals surface area (Å²) in [6.07, 6.45) is 8.09. The van der Waals surface area contributed by atoms with E-state index in [1.807, 2.05) is 6.07 Å². The zero-order valence-corrected chi connectivity index (χ0v) is 20.1. The molecule has 4 aliphatic rings. The lowest BCUT2D eigenvalue weighted by Gasteiger charge is -2.43. The van der Waals surface area contributed by atoms with Gasteiger partial charge in [-0.3, -0.25) is 4.79 Å². The molecule has 1 unspecified atom stereocenters. The van der Waals surface area contributed by atoms with Crippen LogP contribution in [-0.2, 0) is 4.79 Å². The third-order valence-electron chi connectivity index (χ3n) is 7.49. The Morgan fingerprint density at radius 1 is 1.15 bits per heavy atom.